The number of nitrogens with zero attached hydrogens (tertiary/aromatic N) is 4. The van der Waals surface area contributed by atoms with Gasteiger partial charge in [-0.25, -0.2) is 9.97 Å². The molecular formula is C10H8N4S. The fraction of sp³-hybridized carbons (Fsp3) is 0.100. The number of fused-ring (bicyclic) bond motifs is 1. The molecule has 0 radical (unpaired) electrons. The summed E-state index contributed by atoms with van der Waals surface area (Å²) in [5.41, 5.74) is 2.67. The van der Waals surface area contributed by atoms with Gasteiger partial charge in [0.25, 0.3) is 0 Å². The first kappa shape index (κ1) is 8.55. The van der Waals surface area contributed by atoms with Crippen LogP contribution < -0.4 is 0 Å². The summed E-state index contributed by atoms with van der Waals surface area (Å²) < 4.78 is 1.94. The normalized spacial score (nSPS) is 11.0. The van der Waals surface area contributed by atoms with E-state index in [1.165, 1.54) is 0 Å². The standard InChI is InChI=1S/C10H8N4S/c1-7-12-9(6-15-7)8-5-14-3-2-11-4-10(14)13-8/h2-6H,1H3. The van der Waals surface area contributed by atoms with Crippen molar-refractivity contribution in [2.75, 3.05) is 0 Å². The molecular weight excluding hydrogens is 208 g/mol. The highest BCUT2D eigenvalue weighted by Crippen LogP contribution is 2.20. The fourth-order valence-corrected chi connectivity index (χ4v) is 2.05. The van der Waals surface area contributed by atoms with Crippen LogP contribution in [0.25, 0.3) is 17.0 Å². The smallest absolute Gasteiger partial charge is 0.156 e. The van der Waals surface area contributed by atoms with Crippen LogP contribution in [0.2, 0.25) is 0 Å². The van der Waals surface area contributed by atoms with E-state index in [4.69, 9.17) is 0 Å². The Morgan fingerprint density at radius 2 is 2.20 bits per heavy atom. The van der Waals surface area contributed by atoms with E-state index >= 15 is 0 Å². The summed E-state index contributed by atoms with van der Waals surface area (Å²) in [4.78, 5) is 12.9. The Kier molecular flexibility index (Phi) is 1.78. The van der Waals surface area contributed by atoms with Gasteiger partial charge >= 0.3 is 0 Å². The van der Waals surface area contributed by atoms with Gasteiger partial charge in [-0.15, -0.1) is 11.3 Å². The fourth-order valence-electron chi connectivity index (χ4n) is 1.45. The molecule has 0 aliphatic heterocycles. The lowest BCUT2D eigenvalue weighted by Crippen LogP contribution is -1.81. The summed E-state index contributed by atoms with van der Waals surface area (Å²) in [5, 5.41) is 3.07. The molecule has 0 unspecified atom stereocenters. The highest BCUT2D eigenvalue weighted by molar-refractivity contribution is 7.09. The summed E-state index contributed by atoms with van der Waals surface area (Å²) in [5.74, 6) is 0. The quantitative estimate of drug-likeness (QED) is 0.626. The molecule has 4 nitrogen and oxygen atoms in total. The van der Waals surface area contributed by atoms with Gasteiger partial charge in [-0.05, 0) is 6.92 Å². The minimum Gasteiger partial charge on any atom is -0.304 e. The molecule has 0 spiro atoms. The van der Waals surface area contributed by atoms with Gasteiger partial charge < -0.3 is 4.40 Å². The van der Waals surface area contributed by atoms with Gasteiger partial charge in [0.05, 0.1) is 11.2 Å². The Labute approximate surface area is 90.3 Å². The molecule has 0 amide bonds. The predicted molar refractivity (Wildman–Crippen MR) is 58.8 cm³/mol. The Morgan fingerprint density at radius 3 is 2.93 bits per heavy atom. The second kappa shape index (κ2) is 3.13. The van der Waals surface area contributed by atoms with E-state index in [0.29, 0.717) is 0 Å². The largest absolute Gasteiger partial charge is 0.304 e. The number of hydrogen-bond acceptors (Lipinski definition) is 4. The lowest BCUT2D eigenvalue weighted by atomic mass is 10.4. The molecule has 0 saturated heterocycles. The first-order chi connectivity index (χ1) is 7.33. The van der Waals surface area contributed by atoms with Gasteiger partial charge in [0, 0.05) is 24.0 Å². The lowest BCUT2D eigenvalue weighted by Gasteiger charge is -1.86. The van der Waals surface area contributed by atoms with E-state index in [1.807, 2.05) is 29.1 Å². The van der Waals surface area contributed by atoms with Crippen molar-refractivity contribution < 1.29 is 0 Å². The molecule has 0 aliphatic carbocycles. The summed E-state index contributed by atoms with van der Waals surface area (Å²) in [7, 11) is 0. The van der Waals surface area contributed by atoms with Crippen LogP contribution in [0.5, 0.6) is 0 Å². The van der Waals surface area contributed by atoms with E-state index < -0.39 is 0 Å². The van der Waals surface area contributed by atoms with E-state index in [-0.39, 0.29) is 0 Å². The maximum absolute atomic E-state index is 4.44. The molecule has 3 heterocycles. The summed E-state index contributed by atoms with van der Waals surface area (Å²) >= 11 is 1.63. The average Bonchev–Trinajstić information content (AvgIpc) is 2.82. The first-order valence-electron chi connectivity index (χ1n) is 4.54. The summed E-state index contributed by atoms with van der Waals surface area (Å²) in [6.45, 7) is 1.99. The van der Waals surface area contributed by atoms with Crippen molar-refractivity contribution in [3.63, 3.8) is 0 Å². The SMILES string of the molecule is Cc1nc(-c2cn3ccncc3n2)cs1. The van der Waals surface area contributed by atoms with Crippen LogP contribution in [0.3, 0.4) is 0 Å². The van der Waals surface area contributed by atoms with E-state index in [2.05, 4.69) is 15.0 Å². The van der Waals surface area contributed by atoms with E-state index in [9.17, 15) is 0 Å². The summed E-state index contributed by atoms with van der Waals surface area (Å²) in [6, 6.07) is 0. The third-order valence-corrected chi connectivity index (χ3v) is 2.92. The van der Waals surface area contributed by atoms with Crippen LogP contribution in [-0.2, 0) is 0 Å². The zero-order valence-electron chi connectivity index (χ0n) is 8.08. The molecule has 15 heavy (non-hydrogen) atoms. The number of thiazole rings is 1. The van der Waals surface area contributed by atoms with Crippen molar-refractivity contribution >= 4 is 17.0 Å². The molecule has 0 aromatic carbocycles. The topological polar surface area (TPSA) is 43.1 Å². The molecule has 3 aromatic rings. The van der Waals surface area contributed by atoms with Gasteiger partial charge in [-0.3, -0.25) is 4.98 Å². The molecule has 0 atom stereocenters. The molecule has 5 heteroatoms. The molecule has 0 aliphatic rings. The highest BCUT2D eigenvalue weighted by Gasteiger charge is 2.06. The second-order valence-corrected chi connectivity index (χ2v) is 4.28. The lowest BCUT2D eigenvalue weighted by molar-refractivity contribution is 1.13. The van der Waals surface area contributed by atoms with E-state index in [1.54, 1.807) is 23.7 Å². The van der Waals surface area contributed by atoms with Crippen molar-refractivity contribution in [1.29, 1.82) is 0 Å². The minimum atomic E-state index is 0.846. The molecule has 0 fully saturated rings. The molecule has 3 aromatic heterocycles. The Hall–Kier alpha value is -1.75. The highest BCUT2D eigenvalue weighted by atomic mass is 32.1. The number of imidazole rings is 1. The zero-order valence-corrected chi connectivity index (χ0v) is 8.90. The van der Waals surface area contributed by atoms with Crippen LogP contribution in [0.15, 0.2) is 30.2 Å². The predicted octanol–water partition coefficient (Wildman–Crippen LogP) is 2.16. The number of aryl methyl sites for hydroxylation is 1. The maximum atomic E-state index is 4.44. The molecule has 74 valence electrons. The number of rotatable bonds is 1. The van der Waals surface area contributed by atoms with Gasteiger partial charge in [0.2, 0.25) is 0 Å². The van der Waals surface area contributed by atoms with Gasteiger partial charge in [0.1, 0.15) is 11.4 Å². The van der Waals surface area contributed by atoms with Crippen molar-refractivity contribution in [1.82, 2.24) is 19.4 Å². The third-order valence-electron chi connectivity index (χ3n) is 2.15. The monoisotopic (exact) mass is 216 g/mol. The van der Waals surface area contributed by atoms with Crippen LogP contribution in [0, 0.1) is 6.92 Å². The molecule has 0 saturated carbocycles. The number of aromatic nitrogens is 4. The average molecular weight is 216 g/mol. The first-order valence-corrected chi connectivity index (χ1v) is 5.42. The molecule has 0 bridgehead atoms. The van der Waals surface area contributed by atoms with Crippen molar-refractivity contribution in [2.24, 2.45) is 0 Å². The number of hydrogen-bond donors (Lipinski definition) is 0. The van der Waals surface area contributed by atoms with Crippen LogP contribution in [0.4, 0.5) is 0 Å². The maximum Gasteiger partial charge on any atom is 0.156 e. The van der Waals surface area contributed by atoms with Crippen molar-refractivity contribution in [2.45, 2.75) is 6.92 Å². The zero-order chi connectivity index (χ0) is 10.3. The van der Waals surface area contributed by atoms with Crippen molar-refractivity contribution in [3.8, 4) is 11.4 Å². The Balaban J connectivity index is 2.19. The van der Waals surface area contributed by atoms with Crippen molar-refractivity contribution in [3.05, 3.63) is 35.2 Å². The minimum absolute atomic E-state index is 0.846. The van der Waals surface area contributed by atoms with Gasteiger partial charge in [0.15, 0.2) is 5.65 Å². The van der Waals surface area contributed by atoms with E-state index in [0.717, 1.165) is 22.0 Å². The van der Waals surface area contributed by atoms with Gasteiger partial charge in [-0.2, -0.15) is 0 Å². The van der Waals surface area contributed by atoms with Crippen LogP contribution in [0.1, 0.15) is 5.01 Å². The van der Waals surface area contributed by atoms with Gasteiger partial charge in [-0.1, -0.05) is 0 Å². The van der Waals surface area contributed by atoms with Crippen LogP contribution in [-0.4, -0.2) is 19.4 Å². The Bertz CT molecular complexity index is 577. The molecule has 3 rings (SSSR count). The van der Waals surface area contributed by atoms with Crippen LogP contribution >= 0.6 is 11.3 Å². The second-order valence-electron chi connectivity index (χ2n) is 3.22. The summed E-state index contributed by atoms with van der Waals surface area (Å²) in [6.07, 6.45) is 7.32. The molecule has 0 N–H and O–H groups in total. The Morgan fingerprint density at radius 1 is 1.27 bits per heavy atom. The third kappa shape index (κ3) is 1.41.